The topological polar surface area (TPSA) is 21.3 Å². The van der Waals surface area contributed by atoms with Crippen molar-refractivity contribution in [2.45, 2.75) is 24.3 Å². The van der Waals surface area contributed by atoms with Crippen molar-refractivity contribution in [1.29, 1.82) is 0 Å². The fourth-order valence-electron chi connectivity index (χ4n) is 2.02. The van der Waals surface area contributed by atoms with Gasteiger partial charge in [0.05, 0.1) is 12.0 Å². The highest BCUT2D eigenvalue weighted by Crippen LogP contribution is 2.41. The summed E-state index contributed by atoms with van der Waals surface area (Å²) in [6, 6.07) is 6.83. The molecule has 0 spiro atoms. The summed E-state index contributed by atoms with van der Waals surface area (Å²) in [6.45, 7) is 3.17. The third kappa shape index (κ3) is 2.13. The Hall–Kier alpha value is -0.670. The molecule has 1 aromatic carbocycles. The lowest BCUT2D eigenvalue weighted by atomic mass is 10.0. The predicted molar refractivity (Wildman–Crippen MR) is 64.8 cm³/mol. The molecule has 2 nitrogen and oxygen atoms in total. The summed E-state index contributed by atoms with van der Waals surface area (Å²) in [7, 11) is 1.74. The molecule has 1 unspecified atom stereocenters. The molecule has 0 aromatic heterocycles. The Morgan fingerprint density at radius 2 is 2.40 bits per heavy atom. The van der Waals surface area contributed by atoms with Gasteiger partial charge in [0.15, 0.2) is 0 Å². The van der Waals surface area contributed by atoms with Gasteiger partial charge >= 0.3 is 0 Å². The summed E-state index contributed by atoms with van der Waals surface area (Å²) in [5.74, 6) is 2.19. The maximum atomic E-state index is 5.39. The van der Waals surface area contributed by atoms with Crippen LogP contribution in [-0.2, 0) is 0 Å². The van der Waals surface area contributed by atoms with Crippen molar-refractivity contribution in [2.24, 2.45) is 0 Å². The fourth-order valence-corrected chi connectivity index (χ4v) is 3.24. The molecule has 1 aromatic rings. The lowest BCUT2D eigenvalue weighted by Gasteiger charge is -2.26. The largest absolute Gasteiger partial charge is 0.496 e. The fraction of sp³-hybridized carbons (Fsp3) is 0.500. The number of ether oxygens (including phenoxy) is 1. The van der Waals surface area contributed by atoms with Crippen LogP contribution in [0.4, 0.5) is 0 Å². The van der Waals surface area contributed by atoms with Crippen LogP contribution < -0.4 is 10.1 Å². The Kier molecular flexibility index (Phi) is 3.54. The van der Waals surface area contributed by atoms with E-state index < -0.39 is 0 Å². The quantitative estimate of drug-likeness (QED) is 0.851. The molecule has 82 valence electrons. The van der Waals surface area contributed by atoms with E-state index in [2.05, 4.69) is 24.4 Å². The van der Waals surface area contributed by atoms with Crippen LogP contribution in [0.25, 0.3) is 0 Å². The SMILES string of the molecule is CCNC1CCSc2c(OC)cccc21. The Labute approximate surface area is 95.4 Å². The van der Waals surface area contributed by atoms with Crippen LogP contribution in [0.1, 0.15) is 24.9 Å². The number of hydrogen-bond donors (Lipinski definition) is 1. The number of hydrogen-bond acceptors (Lipinski definition) is 3. The van der Waals surface area contributed by atoms with Crippen LogP contribution in [0.5, 0.6) is 5.75 Å². The Morgan fingerprint density at radius 1 is 1.53 bits per heavy atom. The molecule has 0 bridgehead atoms. The Bertz CT molecular complexity index is 340. The normalized spacial score (nSPS) is 19.7. The molecule has 0 radical (unpaired) electrons. The lowest BCUT2D eigenvalue weighted by molar-refractivity contribution is 0.399. The molecule has 0 aliphatic carbocycles. The van der Waals surface area contributed by atoms with Crippen LogP contribution in [0.2, 0.25) is 0 Å². The van der Waals surface area contributed by atoms with Crippen molar-refractivity contribution in [3.8, 4) is 5.75 Å². The van der Waals surface area contributed by atoms with E-state index in [-0.39, 0.29) is 0 Å². The van der Waals surface area contributed by atoms with Crippen LogP contribution in [0.15, 0.2) is 23.1 Å². The zero-order chi connectivity index (χ0) is 10.7. The van der Waals surface area contributed by atoms with Gasteiger partial charge in [0, 0.05) is 6.04 Å². The van der Waals surface area contributed by atoms with E-state index in [4.69, 9.17) is 4.74 Å². The van der Waals surface area contributed by atoms with Gasteiger partial charge < -0.3 is 10.1 Å². The van der Waals surface area contributed by atoms with Gasteiger partial charge in [0.25, 0.3) is 0 Å². The van der Waals surface area contributed by atoms with Crippen LogP contribution in [0.3, 0.4) is 0 Å². The van der Waals surface area contributed by atoms with Gasteiger partial charge in [0.2, 0.25) is 0 Å². The van der Waals surface area contributed by atoms with Crippen molar-refractivity contribution in [1.82, 2.24) is 5.32 Å². The summed E-state index contributed by atoms with van der Waals surface area (Å²) >= 11 is 1.90. The second-order valence-electron chi connectivity index (χ2n) is 3.63. The van der Waals surface area contributed by atoms with E-state index in [1.807, 2.05) is 17.8 Å². The third-order valence-corrected chi connectivity index (χ3v) is 3.87. The molecule has 15 heavy (non-hydrogen) atoms. The summed E-state index contributed by atoms with van der Waals surface area (Å²) in [4.78, 5) is 1.32. The lowest BCUT2D eigenvalue weighted by Crippen LogP contribution is -2.24. The first-order valence-corrected chi connectivity index (χ1v) is 6.38. The first kappa shape index (κ1) is 10.8. The molecule has 0 fully saturated rings. The van der Waals surface area contributed by atoms with Crippen LogP contribution in [0, 0.1) is 0 Å². The number of rotatable bonds is 3. The minimum Gasteiger partial charge on any atom is -0.496 e. The molecule has 0 amide bonds. The number of fused-ring (bicyclic) bond motifs is 1. The second kappa shape index (κ2) is 4.90. The molecular formula is C12H17NOS. The van der Waals surface area contributed by atoms with Crippen molar-refractivity contribution >= 4 is 11.8 Å². The van der Waals surface area contributed by atoms with E-state index in [9.17, 15) is 0 Å². The molecule has 0 saturated heterocycles. The third-order valence-electron chi connectivity index (χ3n) is 2.71. The first-order valence-electron chi connectivity index (χ1n) is 5.40. The summed E-state index contributed by atoms with van der Waals surface area (Å²) in [6.07, 6.45) is 1.21. The molecule has 0 saturated carbocycles. The zero-order valence-electron chi connectivity index (χ0n) is 9.25. The smallest absolute Gasteiger partial charge is 0.132 e. The highest BCUT2D eigenvalue weighted by atomic mass is 32.2. The van der Waals surface area contributed by atoms with Crippen molar-refractivity contribution in [3.05, 3.63) is 23.8 Å². The molecule has 1 N–H and O–H groups in total. The van der Waals surface area contributed by atoms with E-state index in [1.54, 1.807) is 7.11 Å². The summed E-state index contributed by atoms with van der Waals surface area (Å²) in [5, 5.41) is 3.52. The minimum atomic E-state index is 0.501. The van der Waals surface area contributed by atoms with E-state index in [0.717, 1.165) is 12.3 Å². The van der Waals surface area contributed by atoms with Crippen LogP contribution >= 0.6 is 11.8 Å². The standard InChI is InChI=1S/C12H17NOS/c1-3-13-10-7-8-15-12-9(10)5-4-6-11(12)14-2/h4-6,10,13H,3,7-8H2,1-2H3. The summed E-state index contributed by atoms with van der Waals surface area (Å²) in [5.41, 5.74) is 1.40. The highest BCUT2D eigenvalue weighted by Gasteiger charge is 2.22. The Morgan fingerprint density at radius 3 is 3.13 bits per heavy atom. The van der Waals surface area contributed by atoms with Gasteiger partial charge in [0.1, 0.15) is 5.75 Å². The molecule has 1 heterocycles. The molecular weight excluding hydrogens is 206 g/mol. The van der Waals surface area contributed by atoms with Crippen molar-refractivity contribution in [2.75, 3.05) is 19.4 Å². The van der Waals surface area contributed by atoms with Gasteiger partial charge in [-0.2, -0.15) is 0 Å². The molecule has 2 rings (SSSR count). The van der Waals surface area contributed by atoms with Gasteiger partial charge in [-0.25, -0.2) is 0 Å². The highest BCUT2D eigenvalue weighted by molar-refractivity contribution is 7.99. The van der Waals surface area contributed by atoms with Gasteiger partial charge in [-0.3, -0.25) is 0 Å². The van der Waals surface area contributed by atoms with E-state index in [1.165, 1.54) is 22.6 Å². The average molecular weight is 223 g/mol. The average Bonchev–Trinajstić information content (AvgIpc) is 2.29. The van der Waals surface area contributed by atoms with Crippen LogP contribution in [-0.4, -0.2) is 19.4 Å². The molecule has 1 aliphatic rings. The number of thioether (sulfide) groups is 1. The Balaban J connectivity index is 2.35. The van der Waals surface area contributed by atoms with Crippen molar-refractivity contribution in [3.63, 3.8) is 0 Å². The van der Waals surface area contributed by atoms with Gasteiger partial charge in [-0.05, 0) is 30.3 Å². The van der Waals surface area contributed by atoms with E-state index >= 15 is 0 Å². The van der Waals surface area contributed by atoms with E-state index in [0.29, 0.717) is 6.04 Å². The predicted octanol–water partition coefficient (Wildman–Crippen LogP) is 2.84. The maximum absolute atomic E-state index is 5.39. The van der Waals surface area contributed by atoms with Gasteiger partial charge in [-0.15, -0.1) is 11.8 Å². The zero-order valence-corrected chi connectivity index (χ0v) is 10.1. The number of methoxy groups -OCH3 is 1. The number of nitrogens with one attached hydrogen (secondary N) is 1. The van der Waals surface area contributed by atoms with Gasteiger partial charge in [-0.1, -0.05) is 19.1 Å². The second-order valence-corrected chi connectivity index (χ2v) is 4.73. The maximum Gasteiger partial charge on any atom is 0.132 e. The first-order chi connectivity index (χ1) is 7.36. The monoisotopic (exact) mass is 223 g/mol. The summed E-state index contributed by atoms with van der Waals surface area (Å²) < 4.78 is 5.39. The molecule has 1 aliphatic heterocycles. The van der Waals surface area contributed by atoms with Crippen molar-refractivity contribution < 1.29 is 4.74 Å². The minimum absolute atomic E-state index is 0.501. The molecule has 1 atom stereocenters. The number of benzene rings is 1. The molecule has 3 heteroatoms.